The first-order valence-corrected chi connectivity index (χ1v) is 10.0. The molecule has 9 nitrogen and oxygen atoms in total. The maximum absolute atomic E-state index is 12.4. The van der Waals surface area contributed by atoms with Gasteiger partial charge in [0.25, 0.3) is 5.71 Å². The third-order valence-corrected chi connectivity index (χ3v) is 5.50. The Balaban J connectivity index is 3.02. The summed E-state index contributed by atoms with van der Waals surface area (Å²) in [6.45, 7) is 7.61. The lowest BCUT2D eigenvalue weighted by Crippen LogP contribution is -2.30. The Morgan fingerprint density at radius 3 is 1.85 bits per heavy atom. The van der Waals surface area contributed by atoms with Crippen LogP contribution >= 0.6 is 0 Å². The molecule has 1 rings (SSSR count). The summed E-state index contributed by atoms with van der Waals surface area (Å²) in [5.74, 6) is -1.83. The number of hydrogen-bond donors (Lipinski definition) is 1. The van der Waals surface area contributed by atoms with Gasteiger partial charge in [-0.25, -0.2) is 18.0 Å². The summed E-state index contributed by atoms with van der Waals surface area (Å²) in [4.78, 5) is 23.8. The zero-order valence-corrected chi connectivity index (χ0v) is 16.7. The van der Waals surface area contributed by atoms with E-state index in [0.29, 0.717) is 18.8 Å². The molecule has 0 amide bonds. The molecule has 0 saturated carbocycles. The fraction of sp³-hybridized carbons (Fsp3) is 0.471. The van der Waals surface area contributed by atoms with Crippen molar-refractivity contribution in [2.24, 2.45) is 5.10 Å². The average Bonchev–Trinajstić information content (AvgIpc) is 2.63. The molecule has 0 heterocycles. The normalized spacial score (nSPS) is 11.0. The molecule has 0 spiro atoms. The van der Waals surface area contributed by atoms with Crippen LogP contribution in [0.4, 0.5) is 5.69 Å². The highest BCUT2D eigenvalue weighted by molar-refractivity contribution is 7.89. The van der Waals surface area contributed by atoms with E-state index < -0.39 is 27.7 Å². The second kappa shape index (κ2) is 10.6. The van der Waals surface area contributed by atoms with Crippen LogP contribution in [0.25, 0.3) is 0 Å². The molecule has 0 bridgehead atoms. The van der Waals surface area contributed by atoms with E-state index in [0.717, 1.165) is 0 Å². The topological polar surface area (TPSA) is 114 Å². The molecule has 0 aliphatic carbocycles. The van der Waals surface area contributed by atoms with E-state index in [9.17, 15) is 18.0 Å². The smallest absolute Gasteiger partial charge is 0.366 e. The highest BCUT2D eigenvalue weighted by Gasteiger charge is 2.24. The fourth-order valence-corrected chi connectivity index (χ4v) is 3.57. The number of hydrazone groups is 1. The Bertz CT molecular complexity index is 750. The van der Waals surface area contributed by atoms with Gasteiger partial charge in [0, 0.05) is 13.1 Å². The van der Waals surface area contributed by atoms with E-state index in [4.69, 9.17) is 9.47 Å². The highest BCUT2D eigenvalue weighted by atomic mass is 32.2. The van der Waals surface area contributed by atoms with Gasteiger partial charge in [-0.15, -0.1) is 0 Å². The molecule has 0 atom stereocenters. The first-order valence-electron chi connectivity index (χ1n) is 8.59. The molecule has 0 aromatic heterocycles. The number of carbonyl (C=O) groups excluding carboxylic acids is 2. The quantitative estimate of drug-likeness (QED) is 0.275. The molecular weight excluding hydrogens is 374 g/mol. The predicted octanol–water partition coefficient (Wildman–Crippen LogP) is 1.61. The summed E-state index contributed by atoms with van der Waals surface area (Å²) in [6.07, 6.45) is 0. The lowest BCUT2D eigenvalue weighted by atomic mass is 10.3. The molecule has 0 radical (unpaired) electrons. The summed E-state index contributed by atoms with van der Waals surface area (Å²) < 4.78 is 35.8. The summed E-state index contributed by atoms with van der Waals surface area (Å²) in [6, 6.07) is 5.79. The molecule has 0 unspecified atom stereocenters. The van der Waals surface area contributed by atoms with Gasteiger partial charge in [-0.3, -0.25) is 5.43 Å². The number of esters is 2. The second-order valence-corrected chi connectivity index (χ2v) is 7.06. The van der Waals surface area contributed by atoms with Gasteiger partial charge in [-0.2, -0.15) is 9.41 Å². The lowest BCUT2D eigenvalue weighted by molar-refractivity contribution is -0.140. The van der Waals surface area contributed by atoms with Crippen LogP contribution in [-0.4, -0.2) is 56.7 Å². The van der Waals surface area contributed by atoms with Crippen molar-refractivity contribution < 1.29 is 27.5 Å². The van der Waals surface area contributed by atoms with Crippen molar-refractivity contribution in [2.75, 3.05) is 31.7 Å². The van der Waals surface area contributed by atoms with Crippen molar-refractivity contribution in [3.05, 3.63) is 24.3 Å². The van der Waals surface area contributed by atoms with Crippen LogP contribution < -0.4 is 5.43 Å². The van der Waals surface area contributed by atoms with Gasteiger partial charge in [0.15, 0.2) is 0 Å². The Morgan fingerprint density at radius 1 is 0.963 bits per heavy atom. The number of anilines is 1. The number of carbonyl (C=O) groups is 2. The molecule has 1 N–H and O–H groups in total. The fourth-order valence-electron chi connectivity index (χ4n) is 2.11. The second-order valence-electron chi connectivity index (χ2n) is 5.13. The van der Waals surface area contributed by atoms with Crippen LogP contribution in [-0.2, 0) is 29.1 Å². The highest BCUT2D eigenvalue weighted by Crippen LogP contribution is 2.18. The van der Waals surface area contributed by atoms with Gasteiger partial charge >= 0.3 is 11.9 Å². The van der Waals surface area contributed by atoms with E-state index >= 15 is 0 Å². The minimum atomic E-state index is -3.57. The van der Waals surface area contributed by atoms with E-state index in [1.54, 1.807) is 27.7 Å². The van der Waals surface area contributed by atoms with Crippen molar-refractivity contribution in [3.63, 3.8) is 0 Å². The van der Waals surface area contributed by atoms with Crippen molar-refractivity contribution >= 4 is 33.4 Å². The molecule has 0 fully saturated rings. The zero-order chi connectivity index (χ0) is 20.4. The minimum Gasteiger partial charge on any atom is -0.461 e. The van der Waals surface area contributed by atoms with Gasteiger partial charge in [0.2, 0.25) is 10.0 Å². The third kappa shape index (κ3) is 6.04. The number of hydrogen-bond acceptors (Lipinski definition) is 8. The predicted molar refractivity (Wildman–Crippen MR) is 101 cm³/mol. The summed E-state index contributed by atoms with van der Waals surface area (Å²) in [5.41, 5.74) is 2.40. The maximum Gasteiger partial charge on any atom is 0.366 e. The van der Waals surface area contributed by atoms with Crippen molar-refractivity contribution in [3.8, 4) is 0 Å². The van der Waals surface area contributed by atoms with E-state index in [1.807, 2.05) is 0 Å². The van der Waals surface area contributed by atoms with Crippen LogP contribution in [0, 0.1) is 0 Å². The molecule has 10 heteroatoms. The molecule has 0 saturated heterocycles. The zero-order valence-electron chi connectivity index (χ0n) is 15.9. The maximum atomic E-state index is 12.4. The number of ether oxygens (including phenoxy) is 2. The minimum absolute atomic E-state index is 0.0785. The average molecular weight is 399 g/mol. The Labute approximate surface area is 159 Å². The molecule has 0 aliphatic rings. The molecule has 150 valence electrons. The first kappa shape index (κ1) is 22.6. The van der Waals surface area contributed by atoms with E-state index in [1.165, 1.54) is 28.6 Å². The van der Waals surface area contributed by atoms with Crippen molar-refractivity contribution in [1.82, 2.24) is 4.31 Å². The van der Waals surface area contributed by atoms with Crippen molar-refractivity contribution in [1.29, 1.82) is 0 Å². The standard InChI is InChI=1S/C17H25N3O6S/c1-5-20(6-2)27(23,24)14-11-9-13(10-12-14)18-19-15(16(21)25-7-3)17(22)26-8-4/h9-12,18H,5-8H2,1-4H3. The number of nitrogens with zero attached hydrogens (tertiary/aromatic N) is 2. The van der Waals surface area contributed by atoms with Crippen molar-refractivity contribution in [2.45, 2.75) is 32.6 Å². The number of benzene rings is 1. The van der Waals surface area contributed by atoms with E-state index in [2.05, 4.69) is 10.5 Å². The first-order chi connectivity index (χ1) is 12.8. The number of rotatable bonds is 10. The third-order valence-electron chi connectivity index (χ3n) is 3.43. The van der Waals surface area contributed by atoms with E-state index in [-0.39, 0.29) is 18.1 Å². The van der Waals surface area contributed by atoms with Crippen LogP contribution in [0.2, 0.25) is 0 Å². The van der Waals surface area contributed by atoms with Crippen LogP contribution in [0.5, 0.6) is 0 Å². The van der Waals surface area contributed by atoms with Gasteiger partial charge in [0.1, 0.15) is 0 Å². The molecule has 0 aliphatic heterocycles. The van der Waals surface area contributed by atoms with Gasteiger partial charge < -0.3 is 9.47 Å². The molecule has 1 aromatic carbocycles. The number of nitrogens with one attached hydrogen (secondary N) is 1. The van der Waals surface area contributed by atoms with Crippen LogP contribution in [0.1, 0.15) is 27.7 Å². The lowest BCUT2D eigenvalue weighted by Gasteiger charge is -2.18. The van der Waals surface area contributed by atoms with Gasteiger partial charge in [-0.1, -0.05) is 13.8 Å². The Hall–Kier alpha value is -2.46. The van der Waals surface area contributed by atoms with Crippen LogP contribution in [0.15, 0.2) is 34.3 Å². The number of sulfonamides is 1. The SMILES string of the molecule is CCOC(=O)C(=NNc1ccc(S(=O)(=O)N(CC)CC)cc1)C(=O)OCC. The Morgan fingerprint density at radius 2 is 1.44 bits per heavy atom. The monoisotopic (exact) mass is 399 g/mol. The Kier molecular flexibility index (Phi) is 8.89. The summed E-state index contributed by atoms with van der Waals surface area (Å²) in [7, 11) is -3.57. The largest absolute Gasteiger partial charge is 0.461 e. The van der Waals surface area contributed by atoms with Gasteiger partial charge in [0.05, 0.1) is 23.8 Å². The molecular formula is C17H25N3O6S. The molecule has 1 aromatic rings. The molecule has 27 heavy (non-hydrogen) atoms. The summed E-state index contributed by atoms with van der Waals surface area (Å²) >= 11 is 0. The van der Waals surface area contributed by atoms with Gasteiger partial charge in [-0.05, 0) is 38.1 Å². The van der Waals surface area contributed by atoms with Crippen LogP contribution in [0.3, 0.4) is 0 Å². The summed E-state index contributed by atoms with van der Waals surface area (Å²) in [5, 5.41) is 3.75.